The maximum atomic E-state index is 14.0. The van der Waals surface area contributed by atoms with Crippen LogP contribution in [0, 0.1) is 26.2 Å². The van der Waals surface area contributed by atoms with Gasteiger partial charge in [-0.25, -0.2) is 9.80 Å². The lowest BCUT2D eigenvalue weighted by Crippen LogP contribution is -2.60. The highest BCUT2D eigenvalue weighted by Crippen LogP contribution is 2.28. The summed E-state index contributed by atoms with van der Waals surface area (Å²) in [5.41, 5.74) is 0.736. The minimum atomic E-state index is -1.17. The van der Waals surface area contributed by atoms with Gasteiger partial charge < -0.3 is 14.2 Å². The highest BCUT2D eigenvalue weighted by molar-refractivity contribution is 6.07. The summed E-state index contributed by atoms with van der Waals surface area (Å²) < 4.78 is 15.6. The van der Waals surface area contributed by atoms with Gasteiger partial charge in [-0.3, -0.25) is 14.4 Å². The topological polar surface area (TPSA) is 102 Å². The molecule has 0 unspecified atom stereocenters. The third-order valence-corrected chi connectivity index (χ3v) is 5.58. The molecular formula is C29H38N2O7. The summed E-state index contributed by atoms with van der Waals surface area (Å²) in [5.74, 6) is -1.54. The predicted molar refractivity (Wildman–Crippen MR) is 143 cm³/mol. The standard InChI is InChI=1S/C29H38N2O7/c1-18-14-19(2)16-21(15-18)24(32)31(29(7,8)9)30(27(35)38-17-37-26(34)28(4,5)6)25(33)22-12-11-13-23(36-10)20(22)3/h11-16H,17H2,1-10H3. The molecule has 0 atom stereocenters. The van der Waals surface area contributed by atoms with Gasteiger partial charge in [-0.2, -0.15) is 0 Å². The number of rotatable bonds is 5. The number of methoxy groups -OCH3 is 1. The molecule has 38 heavy (non-hydrogen) atoms. The average molecular weight is 527 g/mol. The molecule has 0 heterocycles. The van der Waals surface area contributed by atoms with Crippen molar-refractivity contribution in [1.29, 1.82) is 0 Å². The quantitative estimate of drug-likeness (QED) is 0.284. The second kappa shape index (κ2) is 11.7. The van der Waals surface area contributed by atoms with Gasteiger partial charge in [0.2, 0.25) is 6.79 Å². The zero-order chi connectivity index (χ0) is 29.0. The van der Waals surface area contributed by atoms with Gasteiger partial charge in [-0.05, 0) is 86.6 Å². The van der Waals surface area contributed by atoms with Crippen molar-refractivity contribution in [1.82, 2.24) is 10.0 Å². The molecule has 0 aliphatic carbocycles. The van der Waals surface area contributed by atoms with Crippen molar-refractivity contribution in [3.05, 3.63) is 64.2 Å². The first-order valence-corrected chi connectivity index (χ1v) is 12.2. The highest BCUT2D eigenvalue weighted by atomic mass is 16.7. The van der Waals surface area contributed by atoms with Crippen LogP contribution in [0.2, 0.25) is 0 Å². The van der Waals surface area contributed by atoms with E-state index in [1.54, 1.807) is 72.7 Å². The van der Waals surface area contributed by atoms with Crippen molar-refractivity contribution >= 4 is 23.9 Å². The van der Waals surface area contributed by atoms with Crippen molar-refractivity contribution in [3.63, 3.8) is 0 Å². The molecule has 2 aromatic rings. The Bertz CT molecular complexity index is 1200. The molecule has 0 saturated carbocycles. The van der Waals surface area contributed by atoms with Crippen LogP contribution in [0.1, 0.15) is 78.9 Å². The second-order valence-electron chi connectivity index (χ2n) is 11.1. The maximum absolute atomic E-state index is 14.0. The molecule has 3 amide bonds. The van der Waals surface area contributed by atoms with Crippen molar-refractivity contribution in [3.8, 4) is 5.75 Å². The number of hydrogen-bond donors (Lipinski definition) is 0. The van der Waals surface area contributed by atoms with Crippen LogP contribution in [0.25, 0.3) is 0 Å². The second-order valence-corrected chi connectivity index (χ2v) is 11.1. The third kappa shape index (κ3) is 7.12. The van der Waals surface area contributed by atoms with Crippen molar-refractivity contribution in [2.45, 2.75) is 67.9 Å². The van der Waals surface area contributed by atoms with Crippen molar-refractivity contribution < 1.29 is 33.4 Å². The monoisotopic (exact) mass is 526 g/mol. The summed E-state index contributed by atoms with van der Waals surface area (Å²) in [4.78, 5) is 53.5. The van der Waals surface area contributed by atoms with E-state index in [2.05, 4.69) is 0 Å². The van der Waals surface area contributed by atoms with Crippen molar-refractivity contribution in [2.75, 3.05) is 13.9 Å². The zero-order valence-electron chi connectivity index (χ0n) is 23.9. The number of benzene rings is 2. The lowest BCUT2D eigenvalue weighted by Gasteiger charge is -2.41. The molecule has 0 fully saturated rings. The molecular weight excluding hydrogens is 488 g/mol. The molecule has 2 aromatic carbocycles. The van der Waals surface area contributed by atoms with E-state index in [0.717, 1.165) is 16.1 Å². The van der Waals surface area contributed by atoms with Gasteiger partial charge in [0.25, 0.3) is 11.8 Å². The molecule has 0 aromatic heterocycles. The first-order valence-electron chi connectivity index (χ1n) is 12.2. The summed E-state index contributed by atoms with van der Waals surface area (Å²) in [5, 5.41) is 1.73. The maximum Gasteiger partial charge on any atom is 0.439 e. The fraction of sp³-hybridized carbons (Fsp3) is 0.448. The number of hydrazine groups is 1. The minimum Gasteiger partial charge on any atom is -0.496 e. The molecule has 0 aliphatic heterocycles. The van der Waals surface area contributed by atoms with E-state index < -0.39 is 41.6 Å². The van der Waals surface area contributed by atoms with Gasteiger partial charge in [0.15, 0.2) is 0 Å². The number of nitrogens with zero attached hydrogens (tertiary/aromatic N) is 2. The van der Waals surface area contributed by atoms with E-state index >= 15 is 0 Å². The van der Waals surface area contributed by atoms with Gasteiger partial charge in [-0.1, -0.05) is 23.3 Å². The van der Waals surface area contributed by atoms with Crippen LogP contribution in [-0.2, 0) is 14.3 Å². The number of ether oxygens (including phenoxy) is 3. The number of imide groups is 1. The largest absolute Gasteiger partial charge is 0.496 e. The summed E-state index contributed by atoms with van der Waals surface area (Å²) in [6, 6.07) is 10.1. The van der Waals surface area contributed by atoms with E-state index in [9.17, 15) is 19.2 Å². The lowest BCUT2D eigenvalue weighted by atomic mass is 9.98. The van der Waals surface area contributed by atoms with Crippen LogP contribution < -0.4 is 4.74 Å². The summed E-state index contributed by atoms with van der Waals surface area (Å²) in [6.45, 7) is 14.7. The van der Waals surface area contributed by atoms with Crippen LogP contribution >= 0.6 is 0 Å². The Balaban J connectivity index is 2.61. The fourth-order valence-electron chi connectivity index (χ4n) is 3.76. The molecule has 0 aliphatic rings. The first-order chi connectivity index (χ1) is 17.5. The van der Waals surface area contributed by atoms with Gasteiger partial charge in [0.05, 0.1) is 18.1 Å². The van der Waals surface area contributed by atoms with Gasteiger partial charge in [0, 0.05) is 16.7 Å². The molecule has 206 valence electrons. The predicted octanol–water partition coefficient (Wildman–Crippen LogP) is 5.60. The smallest absolute Gasteiger partial charge is 0.439 e. The van der Waals surface area contributed by atoms with Crippen LogP contribution in [0.15, 0.2) is 36.4 Å². The Morgan fingerprint density at radius 1 is 0.816 bits per heavy atom. The number of carbonyl (C=O) groups excluding carboxylic acids is 4. The molecule has 0 spiro atoms. The first kappa shape index (κ1) is 30.3. The number of esters is 1. The van der Waals surface area contributed by atoms with Crippen LogP contribution in [0.3, 0.4) is 0 Å². The van der Waals surface area contributed by atoms with E-state index in [1.807, 2.05) is 19.9 Å². The van der Waals surface area contributed by atoms with E-state index in [0.29, 0.717) is 21.9 Å². The van der Waals surface area contributed by atoms with E-state index in [4.69, 9.17) is 14.2 Å². The fourth-order valence-corrected chi connectivity index (χ4v) is 3.76. The Labute approximate surface area is 224 Å². The number of aryl methyl sites for hydroxylation is 2. The Kier molecular flexibility index (Phi) is 9.32. The number of amides is 3. The van der Waals surface area contributed by atoms with E-state index in [-0.39, 0.29) is 5.56 Å². The molecule has 9 heteroatoms. The summed E-state index contributed by atoms with van der Waals surface area (Å²) in [7, 11) is 1.47. The molecule has 0 bridgehead atoms. The minimum absolute atomic E-state index is 0.135. The highest BCUT2D eigenvalue weighted by Gasteiger charge is 2.42. The van der Waals surface area contributed by atoms with Crippen LogP contribution in [-0.4, -0.2) is 53.3 Å². The summed E-state index contributed by atoms with van der Waals surface area (Å²) in [6.07, 6.45) is -1.17. The third-order valence-electron chi connectivity index (χ3n) is 5.58. The SMILES string of the molecule is COc1cccc(C(=O)N(C(=O)OCOC(=O)C(C)(C)C)N(C(=O)c2cc(C)cc(C)c2)C(C)(C)C)c1C. The molecule has 0 N–H and O–H groups in total. The normalized spacial score (nSPS) is 11.4. The number of carbonyl (C=O) groups is 4. The molecule has 2 rings (SSSR count). The van der Waals surface area contributed by atoms with Gasteiger partial charge >= 0.3 is 12.1 Å². The summed E-state index contributed by atoms with van der Waals surface area (Å²) >= 11 is 0. The lowest BCUT2D eigenvalue weighted by molar-refractivity contribution is -0.162. The molecule has 0 radical (unpaired) electrons. The number of hydrogen-bond acceptors (Lipinski definition) is 7. The van der Waals surface area contributed by atoms with Gasteiger partial charge in [-0.15, -0.1) is 5.01 Å². The van der Waals surface area contributed by atoms with Gasteiger partial charge in [0.1, 0.15) is 5.75 Å². The molecule has 9 nitrogen and oxygen atoms in total. The Morgan fingerprint density at radius 2 is 1.39 bits per heavy atom. The van der Waals surface area contributed by atoms with E-state index in [1.165, 1.54) is 13.2 Å². The Morgan fingerprint density at radius 3 is 1.89 bits per heavy atom. The average Bonchev–Trinajstić information content (AvgIpc) is 2.79. The molecule has 0 saturated heterocycles. The van der Waals surface area contributed by atoms with Crippen LogP contribution in [0.4, 0.5) is 4.79 Å². The Hall–Kier alpha value is -3.88. The van der Waals surface area contributed by atoms with Crippen LogP contribution in [0.5, 0.6) is 5.75 Å². The van der Waals surface area contributed by atoms with Crippen molar-refractivity contribution in [2.24, 2.45) is 5.41 Å². The zero-order valence-corrected chi connectivity index (χ0v) is 23.9.